The summed E-state index contributed by atoms with van der Waals surface area (Å²) in [5, 5.41) is 0. The molecule has 0 spiro atoms. The SMILES string of the molecule is CCCOc1ccc(C2=C(N(CC)c3ccccc3)C(=O)N(C3CCCCC3)C2=O)cc1. The number of anilines is 1. The average Bonchev–Trinajstić information content (AvgIpc) is 3.09. The fraction of sp³-hybridized carbons (Fsp3) is 0.407. The van der Waals surface area contributed by atoms with Crippen LogP contribution in [0.15, 0.2) is 60.3 Å². The minimum Gasteiger partial charge on any atom is -0.494 e. The highest BCUT2D eigenvalue weighted by Crippen LogP contribution is 2.38. The third-order valence-corrected chi connectivity index (χ3v) is 6.30. The van der Waals surface area contributed by atoms with E-state index in [4.69, 9.17) is 4.74 Å². The molecule has 1 saturated carbocycles. The lowest BCUT2D eigenvalue weighted by Gasteiger charge is -2.31. The number of para-hydroxylation sites is 1. The van der Waals surface area contributed by atoms with Gasteiger partial charge in [0.25, 0.3) is 11.8 Å². The third-order valence-electron chi connectivity index (χ3n) is 6.30. The van der Waals surface area contributed by atoms with Gasteiger partial charge in [-0.2, -0.15) is 0 Å². The molecule has 168 valence electrons. The van der Waals surface area contributed by atoms with Crippen LogP contribution < -0.4 is 9.64 Å². The summed E-state index contributed by atoms with van der Waals surface area (Å²) in [5.74, 6) is 0.427. The van der Waals surface area contributed by atoms with Crippen molar-refractivity contribution in [1.29, 1.82) is 0 Å². The van der Waals surface area contributed by atoms with Gasteiger partial charge in [0.2, 0.25) is 0 Å². The van der Waals surface area contributed by atoms with Gasteiger partial charge in [-0.15, -0.1) is 0 Å². The van der Waals surface area contributed by atoms with E-state index in [-0.39, 0.29) is 17.9 Å². The third kappa shape index (κ3) is 4.29. The van der Waals surface area contributed by atoms with Crippen molar-refractivity contribution in [2.24, 2.45) is 0 Å². The molecule has 0 saturated heterocycles. The highest BCUT2D eigenvalue weighted by Gasteiger charge is 2.45. The molecule has 2 aromatic rings. The van der Waals surface area contributed by atoms with E-state index in [1.807, 2.05) is 66.4 Å². The molecule has 1 fully saturated rings. The Bertz CT molecular complexity index is 976. The Morgan fingerprint density at radius 2 is 1.59 bits per heavy atom. The first-order valence-electron chi connectivity index (χ1n) is 11.8. The predicted molar refractivity (Wildman–Crippen MR) is 127 cm³/mol. The van der Waals surface area contributed by atoms with Crippen LogP contribution in [0.3, 0.4) is 0 Å². The molecule has 5 nitrogen and oxygen atoms in total. The number of ether oxygens (including phenoxy) is 1. The molecule has 0 atom stereocenters. The Balaban J connectivity index is 1.77. The number of hydrogen-bond acceptors (Lipinski definition) is 4. The second-order valence-corrected chi connectivity index (χ2v) is 8.45. The Hall–Kier alpha value is -3.08. The first-order valence-corrected chi connectivity index (χ1v) is 11.8. The summed E-state index contributed by atoms with van der Waals surface area (Å²) in [6, 6.07) is 17.4. The fourth-order valence-electron chi connectivity index (χ4n) is 4.73. The van der Waals surface area contributed by atoms with E-state index < -0.39 is 0 Å². The topological polar surface area (TPSA) is 49.9 Å². The van der Waals surface area contributed by atoms with Crippen molar-refractivity contribution in [3.63, 3.8) is 0 Å². The van der Waals surface area contributed by atoms with E-state index in [9.17, 15) is 9.59 Å². The van der Waals surface area contributed by atoms with E-state index in [0.717, 1.165) is 49.1 Å². The zero-order valence-corrected chi connectivity index (χ0v) is 19.0. The Morgan fingerprint density at radius 1 is 0.906 bits per heavy atom. The number of imide groups is 1. The number of likely N-dealkylation sites (N-methyl/N-ethyl adjacent to an activating group) is 1. The van der Waals surface area contributed by atoms with E-state index in [1.54, 1.807) is 0 Å². The molecule has 0 unspecified atom stereocenters. The Labute approximate surface area is 190 Å². The Morgan fingerprint density at radius 3 is 2.22 bits per heavy atom. The number of carbonyl (C=O) groups excluding carboxylic acids is 2. The van der Waals surface area contributed by atoms with Crippen LogP contribution in [-0.4, -0.2) is 35.9 Å². The standard InChI is InChI=1S/C27H32N2O3/c1-3-19-32-23-17-15-20(16-18-23)24-25(28(4-2)21-11-7-5-8-12-21)27(31)29(26(24)30)22-13-9-6-10-14-22/h5,7-8,11-12,15-18,22H,3-4,6,9-10,13-14,19H2,1-2H3. The molecule has 0 aromatic heterocycles. The van der Waals surface area contributed by atoms with Crippen molar-refractivity contribution in [2.45, 2.75) is 58.4 Å². The summed E-state index contributed by atoms with van der Waals surface area (Å²) in [7, 11) is 0. The molecule has 2 aliphatic rings. The summed E-state index contributed by atoms with van der Waals surface area (Å²) in [4.78, 5) is 31.0. The first-order chi connectivity index (χ1) is 15.7. The summed E-state index contributed by atoms with van der Waals surface area (Å²) in [5.41, 5.74) is 2.65. The molecule has 2 amide bonds. The summed E-state index contributed by atoms with van der Waals surface area (Å²) in [6.45, 7) is 5.33. The van der Waals surface area contributed by atoms with Gasteiger partial charge < -0.3 is 9.64 Å². The lowest BCUT2D eigenvalue weighted by Crippen LogP contribution is -2.43. The van der Waals surface area contributed by atoms with Crippen molar-refractivity contribution in [3.05, 3.63) is 65.9 Å². The monoisotopic (exact) mass is 432 g/mol. The van der Waals surface area contributed by atoms with Gasteiger partial charge in [0.1, 0.15) is 11.4 Å². The van der Waals surface area contributed by atoms with Crippen LogP contribution in [0.2, 0.25) is 0 Å². The van der Waals surface area contributed by atoms with Crippen molar-refractivity contribution < 1.29 is 14.3 Å². The Kier molecular flexibility index (Phi) is 6.93. The average molecular weight is 433 g/mol. The largest absolute Gasteiger partial charge is 0.494 e. The van der Waals surface area contributed by atoms with E-state index in [0.29, 0.717) is 24.4 Å². The maximum Gasteiger partial charge on any atom is 0.278 e. The highest BCUT2D eigenvalue weighted by atomic mass is 16.5. The number of rotatable bonds is 8. The lowest BCUT2D eigenvalue weighted by molar-refractivity contribution is -0.140. The van der Waals surface area contributed by atoms with Gasteiger partial charge in [-0.3, -0.25) is 14.5 Å². The minimum absolute atomic E-state index is 0.0158. The minimum atomic E-state index is -0.173. The van der Waals surface area contributed by atoms with Crippen molar-refractivity contribution >= 4 is 23.1 Å². The van der Waals surface area contributed by atoms with Crippen molar-refractivity contribution in [2.75, 3.05) is 18.1 Å². The number of hydrogen-bond donors (Lipinski definition) is 0. The zero-order chi connectivity index (χ0) is 22.5. The van der Waals surface area contributed by atoms with Crippen LogP contribution >= 0.6 is 0 Å². The van der Waals surface area contributed by atoms with Crippen LogP contribution in [-0.2, 0) is 9.59 Å². The summed E-state index contributed by atoms with van der Waals surface area (Å²) >= 11 is 0. The molecule has 0 bridgehead atoms. The zero-order valence-electron chi connectivity index (χ0n) is 19.0. The van der Waals surface area contributed by atoms with E-state index in [1.165, 1.54) is 11.3 Å². The number of benzene rings is 2. The molecular weight excluding hydrogens is 400 g/mol. The van der Waals surface area contributed by atoms with Gasteiger partial charge in [-0.1, -0.05) is 56.5 Å². The van der Waals surface area contributed by atoms with Gasteiger partial charge in [-0.05, 0) is 56.0 Å². The fourth-order valence-corrected chi connectivity index (χ4v) is 4.73. The van der Waals surface area contributed by atoms with E-state index in [2.05, 4.69) is 6.92 Å². The van der Waals surface area contributed by atoms with E-state index >= 15 is 0 Å². The van der Waals surface area contributed by atoms with Gasteiger partial charge in [0.15, 0.2) is 0 Å². The maximum atomic E-state index is 13.8. The van der Waals surface area contributed by atoms with Crippen LogP contribution in [0, 0.1) is 0 Å². The normalized spacial score (nSPS) is 17.2. The second-order valence-electron chi connectivity index (χ2n) is 8.45. The summed E-state index contributed by atoms with van der Waals surface area (Å²) < 4.78 is 5.71. The number of carbonyl (C=O) groups is 2. The number of nitrogens with zero attached hydrogens (tertiary/aromatic N) is 2. The molecule has 1 aliphatic heterocycles. The van der Waals surface area contributed by atoms with Gasteiger partial charge in [-0.25, -0.2) is 0 Å². The molecule has 1 aliphatic carbocycles. The summed E-state index contributed by atoms with van der Waals surface area (Å²) in [6.07, 6.45) is 6.00. The van der Waals surface area contributed by atoms with Gasteiger partial charge in [0.05, 0.1) is 12.2 Å². The molecule has 0 radical (unpaired) electrons. The van der Waals surface area contributed by atoms with Crippen LogP contribution in [0.4, 0.5) is 5.69 Å². The van der Waals surface area contributed by atoms with Crippen LogP contribution in [0.25, 0.3) is 5.57 Å². The van der Waals surface area contributed by atoms with Gasteiger partial charge >= 0.3 is 0 Å². The quantitative estimate of drug-likeness (QED) is 0.523. The molecule has 0 N–H and O–H groups in total. The second kappa shape index (κ2) is 10.0. The molecule has 5 heteroatoms. The molecule has 32 heavy (non-hydrogen) atoms. The predicted octanol–water partition coefficient (Wildman–Crippen LogP) is 5.41. The van der Waals surface area contributed by atoms with Crippen LogP contribution in [0.5, 0.6) is 5.75 Å². The van der Waals surface area contributed by atoms with Crippen molar-refractivity contribution in [3.8, 4) is 5.75 Å². The van der Waals surface area contributed by atoms with Gasteiger partial charge in [0, 0.05) is 18.3 Å². The highest BCUT2D eigenvalue weighted by molar-refractivity contribution is 6.36. The molecule has 1 heterocycles. The maximum absolute atomic E-state index is 13.8. The first kappa shape index (κ1) is 22.1. The van der Waals surface area contributed by atoms with Crippen LogP contribution in [0.1, 0.15) is 57.9 Å². The molecular formula is C27H32N2O3. The van der Waals surface area contributed by atoms with Crippen molar-refractivity contribution in [1.82, 2.24) is 4.90 Å². The smallest absolute Gasteiger partial charge is 0.278 e. The molecule has 4 rings (SSSR count). The number of amides is 2. The molecule has 2 aromatic carbocycles. The lowest BCUT2D eigenvalue weighted by atomic mass is 9.94.